The SMILES string of the molecule is COc1ccccc1C1(C)C(=O)N(C)c2ccccc21. The van der Waals surface area contributed by atoms with Crippen LogP contribution in [0.1, 0.15) is 18.1 Å². The number of hydrogen-bond acceptors (Lipinski definition) is 2. The average molecular weight is 267 g/mol. The highest BCUT2D eigenvalue weighted by Crippen LogP contribution is 2.47. The van der Waals surface area contributed by atoms with Crippen molar-refractivity contribution in [3.8, 4) is 5.75 Å². The molecule has 1 amide bonds. The van der Waals surface area contributed by atoms with Crippen LogP contribution >= 0.6 is 0 Å². The summed E-state index contributed by atoms with van der Waals surface area (Å²) in [6, 6.07) is 15.6. The lowest BCUT2D eigenvalue weighted by atomic mass is 9.77. The second-order valence-corrected chi connectivity index (χ2v) is 5.21. The standard InChI is InChI=1S/C17H17NO2/c1-17(13-9-5-7-11-15(13)20-3)12-8-4-6-10-14(12)18(2)16(17)19/h4-11H,1-3H3. The van der Waals surface area contributed by atoms with Gasteiger partial charge in [0.2, 0.25) is 5.91 Å². The lowest BCUT2D eigenvalue weighted by Crippen LogP contribution is -2.37. The first-order valence-corrected chi connectivity index (χ1v) is 6.62. The molecular weight excluding hydrogens is 250 g/mol. The average Bonchev–Trinajstić information content (AvgIpc) is 2.70. The van der Waals surface area contributed by atoms with Crippen LogP contribution in [-0.4, -0.2) is 20.1 Å². The summed E-state index contributed by atoms with van der Waals surface area (Å²) in [6.45, 7) is 1.97. The van der Waals surface area contributed by atoms with Crippen LogP contribution in [0, 0.1) is 0 Å². The van der Waals surface area contributed by atoms with E-state index < -0.39 is 5.41 Å². The van der Waals surface area contributed by atoms with Gasteiger partial charge in [-0.25, -0.2) is 0 Å². The first-order valence-electron chi connectivity index (χ1n) is 6.62. The maximum absolute atomic E-state index is 12.8. The van der Waals surface area contributed by atoms with E-state index in [1.54, 1.807) is 12.0 Å². The number of amides is 1. The topological polar surface area (TPSA) is 29.5 Å². The lowest BCUT2D eigenvalue weighted by Gasteiger charge is -2.25. The van der Waals surface area contributed by atoms with Crippen molar-refractivity contribution < 1.29 is 9.53 Å². The van der Waals surface area contributed by atoms with Gasteiger partial charge in [-0.05, 0) is 24.6 Å². The van der Waals surface area contributed by atoms with Gasteiger partial charge in [-0.2, -0.15) is 0 Å². The van der Waals surface area contributed by atoms with E-state index in [1.807, 2.05) is 62.5 Å². The molecule has 1 unspecified atom stereocenters. The molecule has 0 fully saturated rings. The maximum Gasteiger partial charge on any atom is 0.241 e. The van der Waals surface area contributed by atoms with Crippen molar-refractivity contribution in [1.82, 2.24) is 0 Å². The molecule has 0 aromatic heterocycles. The summed E-state index contributed by atoms with van der Waals surface area (Å²) in [6.07, 6.45) is 0. The molecule has 2 aromatic carbocycles. The van der Waals surface area contributed by atoms with E-state index in [9.17, 15) is 4.79 Å². The van der Waals surface area contributed by atoms with E-state index in [0.29, 0.717) is 0 Å². The highest BCUT2D eigenvalue weighted by Gasteiger charge is 2.48. The monoisotopic (exact) mass is 267 g/mol. The highest BCUT2D eigenvalue weighted by atomic mass is 16.5. The summed E-state index contributed by atoms with van der Waals surface area (Å²) < 4.78 is 5.45. The van der Waals surface area contributed by atoms with Gasteiger partial charge in [-0.3, -0.25) is 4.79 Å². The second-order valence-electron chi connectivity index (χ2n) is 5.21. The van der Waals surface area contributed by atoms with Gasteiger partial charge in [0.1, 0.15) is 11.2 Å². The number of carbonyl (C=O) groups excluding carboxylic acids is 1. The lowest BCUT2D eigenvalue weighted by molar-refractivity contribution is -0.121. The van der Waals surface area contributed by atoms with Crippen molar-refractivity contribution in [2.24, 2.45) is 0 Å². The quantitative estimate of drug-likeness (QED) is 0.837. The van der Waals surface area contributed by atoms with E-state index in [2.05, 4.69) is 0 Å². The molecule has 0 aliphatic carbocycles. The van der Waals surface area contributed by atoms with E-state index in [-0.39, 0.29) is 5.91 Å². The molecule has 1 heterocycles. The summed E-state index contributed by atoms with van der Waals surface area (Å²) >= 11 is 0. The largest absolute Gasteiger partial charge is 0.496 e. The van der Waals surface area contributed by atoms with Gasteiger partial charge < -0.3 is 9.64 Å². The predicted octanol–water partition coefficient (Wildman–Crippen LogP) is 2.98. The van der Waals surface area contributed by atoms with Gasteiger partial charge in [-0.15, -0.1) is 0 Å². The Bertz CT molecular complexity index is 680. The number of carbonyl (C=O) groups is 1. The number of anilines is 1. The number of benzene rings is 2. The number of fused-ring (bicyclic) bond motifs is 1. The fourth-order valence-electron chi connectivity index (χ4n) is 3.07. The van der Waals surface area contributed by atoms with Crippen molar-refractivity contribution in [2.45, 2.75) is 12.3 Å². The Balaban J connectivity index is 2.29. The molecule has 0 saturated heterocycles. The molecule has 1 aliphatic rings. The zero-order valence-electron chi connectivity index (χ0n) is 11.9. The Labute approximate surface area is 118 Å². The van der Waals surface area contributed by atoms with Gasteiger partial charge in [0, 0.05) is 18.3 Å². The molecule has 20 heavy (non-hydrogen) atoms. The van der Waals surface area contributed by atoms with Gasteiger partial charge in [0.15, 0.2) is 0 Å². The number of ether oxygens (including phenoxy) is 1. The minimum Gasteiger partial charge on any atom is -0.496 e. The van der Waals surface area contributed by atoms with Crippen LogP contribution in [-0.2, 0) is 10.2 Å². The third kappa shape index (κ3) is 1.49. The number of rotatable bonds is 2. The Kier molecular flexibility index (Phi) is 2.78. The summed E-state index contributed by atoms with van der Waals surface area (Å²) in [4.78, 5) is 14.5. The van der Waals surface area contributed by atoms with Crippen LogP contribution in [0.5, 0.6) is 5.75 Å². The third-order valence-corrected chi connectivity index (χ3v) is 4.18. The van der Waals surface area contributed by atoms with Gasteiger partial charge in [-0.1, -0.05) is 36.4 Å². The minimum absolute atomic E-state index is 0.0724. The van der Waals surface area contributed by atoms with E-state index in [4.69, 9.17) is 4.74 Å². The number of likely N-dealkylation sites (N-methyl/N-ethyl adjacent to an activating group) is 1. The first-order chi connectivity index (χ1) is 9.60. The van der Waals surface area contributed by atoms with Crippen molar-refractivity contribution in [1.29, 1.82) is 0 Å². The van der Waals surface area contributed by atoms with Crippen molar-refractivity contribution in [2.75, 3.05) is 19.1 Å². The third-order valence-electron chi connectivity index (χ3n) is 4.18. The van der Waals surface area contributed by atoms with Crippen molar-refractivity contribution >= 4 is 11.6 Å². The smallest absolute Gasteiger partial charge is 0.241 e. The fourth-order valence-corrected chi connectivity index (χ4v) is 3.07. The van der Waals surface area contributed by atoms with Crippen LogP contribution in [0.3, 0.4) is 0 Å². The number of methoxy groups -OCH3 is 1. The Morgan fingerprint density at radius 3 is 2.30 bits per heavy atom. The van der Waals surface area contributed by atoms with Crippen LogP contribution in [0.4, 0.5) is 5.69 Å². The van der Waals surface area contributed by atoms with Crippen LogP contribution < -0.4 is 9.64 Å². The van der Waals surface area contributed by atoms with Crippen molar-refractivity contribution in [3.05, 3.63) is 59.7 Å². The van der Waals surface area contributed by atoms with Gasteiger partial charge >= 0.3 is 0 Å². The molecule has 0 saturated carbocycles. The predicted molar refractivity (Wildman–Crippen MR) is 79.3 cm³/mol. The van der Waals surface area contributed by atoms with E-state index in [0.717, 1.165) is 22.6 Å². The highest BCUT2D eigenvalue weighted by molar-refractivity contribution is 6.10. The molecule has 0 spiro atoms. The molecule has 0 N–H and O–H groups in total. The molecule has 0 bridgehead atoms. The Morgan fingerprint density at radius 1 is 1.00 bits per heavy atom. The zero-order chi connectivity index (χ0) is 14.3. The van der Waals surface area contributed by atoms with E-state index in [1.165, 1.54) is 0 Å². The van der Waals surface area contributed by atoms with Crippen LogP contribution in [0.2, 0.25) is 0 Å². The van der Waals surface area contributed by atoms with E-state index >= 15 is 0 Å². The van der Waals surface area contributed by atoms with Gasteiger partial charge in [0.25, 0.3) is 0 Å². The van der Waals surface area contributed by atoms with Crippen LogP contribution in [0.25, 0.3) is 0 Å². The van der Waals surface area contributed by atoms with Crippen LogP contribution in [0.15, 0.2) is 48.5 Å². The molecule has 3 rings (SSSR count). The molecule has 102 valence electrons. The first kappa shape index (κ1) is 12.7. The molecule has 1 aliphatic heterocycles. The fraction of sp³-hybridized carbons (Fsp3) is 0.235. The number of nitrogens with zero attached hydrogens (tertiary/aromatic N) is 1. The zero-order valence-corrected chi connectivity index (χ0v) is 11.9. The molecule has 0 radical (unpaired) electrons. The van der Waals surface area contributed by atoms with Crippen molar-refractivity contribution in [3.63, 3.8) is 0 Å². The number of hydrogen-bond donors (Lipinski definition) is 0. The molecular formula is C17H17NO2. The molecule has 2 aromatic rings. The molecule has 3 nitrogen and oxygen atoms in total. The Hall–Kier alpha value is -2.29. The van der Waals surface area contributed by atoms with Gasteiger partial charge in [0.05, 0.1) is 7.11 Å². The summed E-state index contributed by atoms with van der Waals surface area (Å²) in [7, 11) is 3.46. The summed E-state index contributed by atoms with van der Waals surface area (Å²) in [5.41, 5.74) is 2.20. The molecule has 3 heteroatoms. The minimum atomic E-state index is -0.696. The Morgan fingerprint density at radius 2 is 1.60 bits per heavy atom. The molecule has 1 atom stereocenters. The number of para-hydroxylation sites is 2. The second kappa shape index (κ2) is 4.37. The maximum atomic E-state index is 12.8. The summed E-state index contributed by atoms with van der Waals surface area (Å²) in [5.74, 6) is 0.816. The summed E-state index contributed by atoms with van der Waals surface area (Å²) in [5, 5.41) is 0. The normalized spacial score (nSPS) is 20.9.